The van der Waals surface area contributed by atoms with Gasteiger partial charge in [-0.05, 0) is 37.0 Å². The summed E-state index contributed by atoms with van der Waals surface area (Å²) in [4.78, 5) is 4.33. The summed E-state index contributed by atoms with van der Waals surface area (Å²) in [6.07, 6.45) is 3.35. The highest BCUT2D eigenvalue weighted by Gasteiger charge is 2.21. The molecule has 1 fully saturated rings. The van der Waals surface area contributed by atoms with Gasteiger partial charge in [0.2, 0.25) is 0 Å². The number of rotatable bonds is 7. The Hall–Kier alpha value is -1.18. The third-order valence-electron chi connectivity index (χ3n) is 3.05. The average Bonchev–Trinajstić information content (AvgIpc) is 3.27. The van der Waals surface area contributed by atoms with Crippen LogP contribution in [0.15, 0.2) is 23.2 Å². The molecule has 0 unspecified atom stereocenters. The van der Waals surface area contributed by atoms with Gasteiger partial charge in [0.05, 0.1) is 20.3 Å². The number of halogens is 1. The number of hydrogen-bond acceptors (Lipinski definition) is 3. The first-order valence-electron chi connectivity index (χ1n) is 7.09. The molecule has 2 rings (SSSR count). The van der Waals surface area contributed by atoms with E-state index in [0.29, 0.717) is 25.2 Å². The monoisotopic (exact) mass is 405 g/mol. The molecule has 1 aromatic rings. The number of benzene rings is 1. The normalized spacial score (nSPS) is 14.3. The van der Waals surface area contributed by atoms with E-state index in [0.717, 1.165) is 23.5 Å². The number of nitrogens with one attached hydrogen (secondary N) is 1. The third-order valence-corrected chi connectivity index (χ3v) is 3.05. The lowest BCUT2D eigenvalue weighted by Crippen LogP contribution is -2.33. The number of aliphatic imine (C=N–C) groups is 1. The van der Waals surface area contributed by atoms with E-state index in [1.165, 1.54) is 12.8 Å². The molecule has 0 atom stereocenters. The number of guanidine groups is 1. The molecule has 0 aromatic heterocycles. The van der Waals surface area contributed by atoms with Crippen molar-refractivity contribution in [3.8, 4) is 11.5 Å². The first-order valence-corrected chi connectivity index (χ1v) is 7.09. The summed E-state index contributed by atoms with van der Waals surface area (Å²) in [7, 11) is 1.64. The van der Waals surface area contributed by atoms with Gasteiger partial charge in [0, 0.05) is 6.04 Å². The van der Waals surface area contributed by atoms with Crippen molar-refractivity contribution in [1.82, 2.24) is 5.32 Å². The predicted octanol–water partition coefficient (Wildman–Crippen LogP) is 2.67. The molecular weight excluding hydrogens is 381 g/mol. The van der Waals surface area contributed by atoms with Crippen LogP contribution in [0.1, 0.15) is 31.7 Å². The van der Waals surface area contributed by atoms with Crippen LogP contribution in [-0.2, 0) is 6.54 Å². The molecule has 1 aliphatic rings. The second-order valence-corrected chi connectivity index (χ2v) is 4.95. The maximum Gasteiger partial charge on any atom is 0.189 e. The maximum absolute atomic E-state index is 5.81. The van der Waals surface area contributed by atoms with Crippen LogP contribution in [0.25, 0.3) is 0 Å². The molecule has 0 heterocycles. The minimum atomic E-state index is 0. The topological polar surface area (TPSA) is 68.9 Å². The molecule has 1 saturated carbocycles. The Kier molecular flexibility index (Phi) is 7.63. The van der Waals surface area contributed by atoms with Gasteiger partial charge in [0.25, 0.3) is 0 Å². The van der Waals surface area contributed by atoms with Gasteiger partial charge in [-0.15, -0.1) is 24.0 Å². The number of hydrogen-bond donors (Lipinski definition) is 2. The summed E-state index contributed by atoms with van der Waals surface area (Å²) in [5, 5.41) is 3.16. The average molecular weight is 405 g/mol. The number of nitrogens with zero attached hydrogens (tertiary/aromatic N) is 1. The van der Waals surface area contributed by atoms with E-state index in [4.69, 9.17) is 15.2 Å². The van der Waals surface area contributed by atoms with E-state index in [-0.39, 0.29) is 24.0 Å². The fraction of sp³-hybridized carbons (Fsp3) is 0.533. The molecule has 118 valence electrons. The molecule has 5 nitrogen and oxygen atoms in total. The van der Waals surface area contributed by atoms with Crippen molar-refractivity contribution in [2.24, 2.45) is 10.7 Å². The summed E-state index contributed by atoms with van der Waals surface area (Å²) >= 11 is 0. The fourth-order valence-electron chi connectivity index (χ4n) is 1.80. The fourth-order valence-corrected chi connectivity index (χ4v) is 1.80. The number of nitrogens with two attached hydrogens (primary N) is 1. The van der Waals surface area contributed by atoms with Gasteiger partial charge in [0.1, 0.15) is 0 Å². The molecule has 1 aliphatic carbocycles. The van der Waals surface area contributed by atoms with Crippen LogP contribution in [0.4, 0.5) is 0 Å². The molecule has 0 saturated heterocycles. The van der Waals surface area contributed by atoms with E-state index < -0.39 is 0 Å². The lowest BCUT2D eigenvalue weighted by Gasteiger charge is -2.11. The quantitative estimate of drug-likeness (QED) is 0.416. The van der Waals surface area contributed by atoms with Crippen LogP contribution >= 0.6 is 24.0 Å². The van der Waals surface area contributed by atoms with Crippen molar-refractivity contribution in [3.05, 3.63) is 23.8 Å². The molecule has 0 amide bonds. The van der Waals surface area contributed by atoms with Gasteiger partial charge in [-0.25, -0.2) is 4.99 Å². The summed E-state index contributed by atoms with van der Waals surface area (Å²) in [6.45, 7) is 3.30. The van der Waals surface area contributed by atoms with Crippen LogP contribution in [-0.4, -0.2) is 25.7 Å². The summed E-state index contributed by atoms with van der Waals surface area (Å²) in [5.41, 5.74) is 6.86. The van der Waals surface area contributed by atoms with Gasteiger partial charge in [0.15, 0.2) is 17.5 Å². The third kappa shape index (κ3) is 5.99. The largest absolute Gasteiger partial charge is 0.493 e. The molecule has 21 heavy (non-hydrogen) atoms. The smallest absolute Gasteiger partial charge is 0.189 e. The summed E-state index contributed by atoms with van der Waals surface area (Å²) < 4.78 is 11.0. The van der Waals surface area contributed by atoms with Crippen molar-refractivity contribution in [2.75, 3.05) is 13.7 Å². The highest BCUT2D eigenvalue weighted by atomic mass is 127. The van der Waals surface area contributed by atoms with Crippen molar-refractivity contribution in [3.63, 3.8) is 0 Å². The lowest BCUT2D eigenvalue weighted by molar-refractivity contribution is 0.294. The van der Waals surface area contributed by atoms with E-state index >= 15 is 0 Å². The van der Waals surface area contributed by atoms with Crippen LogP contribution in [0.5, 0.6) is 11.5 Å². The molecule has 0 radical (unpaired) electrons. The van der Waals surface area contributed by atoms with Gasteiger partial charge in [-0.1, -0.05) is 13.0 Å². The van der Waals surface area contributed by atoms with Crippen LogP contribution < -0.4 is 20.5 Å². The summed E-state index contributed by atoms with van der Waals surface area (Å²) in [6, 6.07) is 6.38. The van der Waals surface area contributed by atoms with Gasteiger partial charge >= 0.3 is 0 Å². The van der Waals surface area contributed by atoms with E-state index in [1.807, 2.05) is 18.2 Å². The van der Waals surface area contributed by atoms with E-state index in [1.54, 1.807) is 7.11 Å². The molecule has 1 aromatic carbocycles. The second kappa shape index (κ2) is 8.96. The predicted molar refractivity (Wildman–Crippen MR) is 95.7 cm³/mol. The Morgan fingerprint density at radius 2 is 2.14 bits per heavy atom. The molecule has 3 N–H and O–H groups in total. The molecule has 0 aliphatic heterocycles. The zero-order valence-corrected chi connectivity index (χ0v) is 14.9. The van der Waals surface area contributed by atoms with Crippen LogP contribution in [0, 0.1) is 0 Å². The van der Waals surface area contributed by atoms with Crippen molar-refractivity contribution in [1.29, 1.82) is 0 Å². The minimum absolute atomic E-state index is 0. The maximum atomic E-state index is 5.81. The van der Waals surface area contributed by atoms with E-state index in [9.17, 15) is 0 Å². The van der Waals surface area contributed by atoms with Crippen molar-refractivity contribution < 1.29 is 9.47 Å². The standard InChI is InChI=1S/C15H23N3O2.HI/c1-3-8-20-13-7-4-11(9-14(13)19-2)10-17-15(16)18-12-5-6-12;/h4,7,9,12H,3,5-6,8,10H2,1-2H3,(H3,16,17,18);1H. The van der Waals surface area contributed by atoms with Crippen LogP contribution in [0.3, 0.4) is 0 Å². The first kappa shape index (κ1) is 17.9. The Morgan fingerprint density at radius 1 is 1.38 bits per heavy atom. The molecular formula is C15H24IN3O2. The van der Waals surface area contributed by atoms with Crippen molar-refractivity contribution >= 4 is 29.9 Å². The van der Waals surface area contributed by atoms with Gasteiger partial charge < -0.3 is 20.5 Å². The summed E-state index contributed by atoms with van der Waals surface area (Å²) in [5.74, 6) is 2.02. The number of methoxy groups -OCH3 is 1. The Morgan fingerprint density at radius 3 is 2.76 bits per heavy atom. The first-order chi connectivity index (χ1) is 9.72. The van der Waals surface area contributed by atoms with Crippen LogP contribution in [0.2, 0.25) is 0 Å². The highest BCUT2D eigenvalue weighted by Crippen LogP contribution is 2.28. The Labute approximate surface area is 143 Å². The zero-order valence-electron chi connectivity index (χ0n) is 12.6. The highest BCUT2D eigenvalue weighted by molar-refractivity contribution is 14.0. The number of ether oxygens (including phenoxy) is 2. The Bertz CT molecular complexity index is 476. The lowest BCUT2D eigenvalue weighted by atomic mass is 10.2. The second-order valence-electron chi connectivity index (χ2n) is 4.95. The zero-order chi connectivity index (χ0) is 14.4. The van der Waals surface area contributed by atoms with Crippen molar-refractivity contribution in [2.45, 2.75) is 38.8 Å². The molecule has 0 bridgehead atoms. The molecule has 0 spiro atoms. The van der Waals surface area contributed by atoms with Gasteiger partial charge in [-0.2, -0.15) is 0 Å². The van der Waals surface area contributed by atoms with Gasteiger partial charge in [-0.3, -0.25) is 0 Å². The Balaban J connectivity index is 0.00000220. The molecule has 6 heteroatoms. The minimum Gasteiger partial charge on any atom is -0.493 e. The SMILES string of the molecule is CCCOc1ccc(CN=C(N)NC2CC2)cc1OC.I. The van der Waals surface area contributed by atoms with E-state index in [2.05, 4.69) is 17.2 Å².